The molecule has 5 nitrogen and oxygen atoms in total. The lowest BCUT2D eigenvalue weighted by molar-refractivity contribution is -0.272. The molecule has 130 valence electrons. The maximum atomic E-state index is 13.3. The molecule has 0 fully saturated rings. The molecule has 3 N–H and O–H groups in total. The van der Waals surface area contributed by atoms with Crippen LogP contribution in [0.1, 0.15) is 23.5 Å². The van der Waals surface area contributed by atoms with Gasteiger partial charge in [0.05, 0.1) is 12.1 Å². The van der Waals surface area contributed by atoms with E-state index in [1.165, 1.54) is 25.1 Å². The van der Waals surface area contributed by atoms with Crippen LogP contribution >= 0.6 is 0 Å². The summed E-state index contributed by atoms with van der Waals surface area (Å²) >= 11 is 0. The van der Waals surface area contributed by atoms with Crippen LogP contribution in [0.2, 0.25) is 0 Å². The monoisotopic (exact) mass is 343 g/mol. The Bertz CT molecular complexity index is 754. The quantitative estimate of drug-likeness (QED) is 0.743. The van der Waals surface area contributed by atoms with Crippen LogP contribution in [0, 0.1) is 13.8 Å². The average molecular weight is 343 g/mol. The smallest absolute Gasteiger partial charge is 0.425 e. The highest BCUT2D eigenvalue weighted by atomic mass is 19.4. The highest BCUT2D eigenvalue weighted by Crippen LogP contribution is 2.42. The van der Waals surface area contributed by atoms with E-state index < -0.39 is 29.9 Å². The highest BCUT2D eigenvalue weighted by molar-refractivity contribution is 5.93. The van der Waals surface area contributed by atoms with Gasteiger partial charge >= 0.3 is 6.18 Å². The maximum absolute atomic E-state index is 13.3. The van der Waals surface area contributed by atoms with E-state index in [1.54, 1.807) is 13.0 Å². The predicted octanol–water partition coefficient (Wildman–Crippen LogP) is 3.38. The number of aromatic hydroxyl groups is 1. The van der Waals surface area contributed by atoms with Gasteiger partial charge in [-0.3, -0.25) is 4.79 Å². The van der Waals surface area contributed by atoms with Crippen LogP contribution in [-0.2, 0) is 10.4 Å². The van der Waals surface area contributed by atoms with Crippen LogP contribution in [0.5, 0.6) is 5.75 Å². The van der Waals surface area contributed by atoms with E-state index in [0.29, 0.717) is 5.56 Å². The zero-order valence-corrected chi connectivity index (χ0v) is 12.9. The number of rotatable bonds is 4. The Labute approximate surface area is 135 Å². The molecule has 0 aliphatic carbocycles. The fourth-order valence-electron chi connectivity index (χ4n) is 2.16. The third-order valence-corrected chi connectivity index (χ3v) is 3.46. The average Bonchev–Trinajstić information content (AvgIpc) is 2.88. The molecule has 0 aliphatic heterocycles. The molecule has 1 unspecified atom stereocenters. The molecule has 1 atom stereocenters. The standard InChI is InChI=1S/C16H16F3NO4/c1-9-3-5-12(21)11(7-9)20-14(22)8-15(23,16(17,18)19)13-6-4-10(2)24-13/h3-7,21,23H,8H2,1-2H3,(H,20,22). The minimum absolute atomic E-state index is 0.0415. The highest BCUT2D eigenvalue weighted by Gasteiger charge is 2.58. The van der Waals surface area contributed by atoms with Gasteiger partial charge < -0.3 is 19.9 Å². The number of carbonyl (C=O) groups excluding carboxylic acids is 1. The number of aryl methyl sites for hydroxylation is 2. The number of nitrogens with one attached hydrogen (secondary N) is 1. The van der Waals surface area contributed by atoms with Crippen molar-refractivity contribution in [1.82, 2.24) is 0 Å². The summed E-state index contributed by atoms with van der Waals surface area (Å²) in [6, 6.07) is 6.51. The number of benzene rings is 1. The van der Waals surface area contributed by atoms with Crippen molar-refractivity contribution in [3.05, 3.63) is 47.4 Å². The molecule has 24 heavy (non-hydrogen) atoms. The van der Waals surface area contributed by atoms with Crippen LogP contribution in [0.3, 0.4) is 0 Å². The first-order valence-electron chi connectivity index (χ1n) is 6.98. The molecule has 1 aromatic carbocycles. The molecule has 0 aliphatic rings. The number of alkyl halides is 3. The van der Waals surface area contributed by atoms with Crippen molar-refractivity contribution >= 4 is 11.6 Å². The summed E-state index contributed by atoms with van der Waals surface area (Å²) in [6.07, 6.45) is -6.43. The number of phenols is 1. The number of aliphatic hydroxyl groups is 1. The summed E-state index contributed by atoms with van der Waals surface area (Å²) in [4.78, 5) is 12.0. The minimum Gasteiger partial charge on any atom is -0.506 e. The summed E-state index contributed by atoms with van der Waals surface area (Å²) in [5, 5.41) is 21.9. The second-order valence-electron chi connectivity index (χ2n) is 5.51. The number of phenolic OH excluding ortho intramolecular Hbond substituents is 1. The summed E-state index contributed by atoms with van der Waals surface area (Å²) in [5.41, 5.74) is -2.82. The van der Waals surface area contributed by atoms with E-state index in [2.05, 4.69) is 5.32 Å². The van der Waals surface area contributed by atoms with Gasteiger partial charge in [-0.15, -0.1) is 0 Å². The third kappa shape index (κ3) is 3.53. The number of hydrogen-bond acceptors (Lipinski definition) is 4. The van der Waals surface area contributed by atoms with Crippen LogP contribution in [-0.4, -0.2) is 22.3 Å². The molecule has 2 aromatic rings. The molecule has 0 saturated carbocycles. The molecular formula is C16H16F3NO4. The van der Waals surface area contributed by atoms with Gasteiger partial charge in [0.1, 0.15) is 17.3 Å². The Hall–Kier alpha value is -2.48. The lowest BCUT2D eigenvalue weighted by Crippen LogP contribution is -2.44. The van der Waals surface area contributed by atoms with Crippen molar-refractivity contribution < 1.29 is 32.6 Å². The molecule has 1 amide bonds. The first kappa shape index (κ1) is 17.9. The van der Waals surface area contributed by atoms with Gasteiger partial charge in [0, 0.05) is 0 Å². The zero-order chi connectivity index (χ0) is 18.1. The summed E-state index contributed by atoms with van der Waals surface area (Å²) in [7, 11) is 0. The molecule has 1 heterocycles. The second kappa shape index (κ2) is 6.20. The summed E-state index contributed by atoms with van der Waals surface area (Å²) in [5.74, 6) is -2.01. The first-order chi connectivity index (χ1) is 11.0. The van der Waals surface area contributed by atoms with Gasteiger partial charge in [-0.25, -0.2) is 0 Å². The third-order valence-electron chi connectivity index (χ3n) is 3.46. The van der Waals surface area contributed by atoms with Crippen molar-refractivity contribution in [2.75, 3.05) is 5.32 Å². The number of anilines is 1. The van der Waals surface area contributed by atoms with E-state index in [9.17, 15) is 28.2 Å². The Morgan fingerprint density at radius 2 is 1.88 bits per heavy atom. The van der Waals surface area contributed by atoms with Crippen molar-refractivity contribution in [1.29, 1.82) is 0 Å². The summed E-state index contributed by atoms with van der Waals surface area (Å²) in [6.45, 7) is 3.11. The van der Waals surface area contributed by atoms with E-state index in [-0.39, 0.29) is 17.2 Å². The van der Waals surface area contributed by atoms with Gasteiger partial charge in [-0.1, -0.05) is 6.07 Å². The SMILES string of the molecule is Cc1ccc(O)c(NC(=O)CC(O)(c2ccc(C)o2)C(F)(F)F)c1. The fraction of sp³-hybridized carbons (Fsp3) is 0.312. The van der Waals surface area contributed by atoms with Gasteiger partial charge in [-0.2, -0.15) is 13.2 Å². The van der Waals surface area contributed by atoms with Crippen LogP contribution in [0.4, 0.5) is 18.9 Å². The predicted molar refractivity (Wildman–Crippen MR) is 79.5 cm³/mol. The number of hydrogen-bond donors (Lipinski definition) is 3. The number of carbonyl (C=O) groups is 1. The minimum atomic E-state index is -5.12. The van der Waals surface area contributed by atoms with Crippen LogP contribution in [0.15, 0.2) is 34.7 Å². The van der Waals surface area contributed by atoms with Crippen molar-refractivity contribution in [2.45, 2.75) is 32.0 Å². The maximum Gasteiger partial charge on any atom is 0.425 e. The number of halogens is 3. The number of furan rings is 1. The van der Waals surface area contributed by atoms with E-state index in [0.717, 1.165) is 6.07 Å². The molecule has 8 heteroatoms. The molecule has 0 saturated heterocycles. The Morgan fingerprint density at radius 1 is 1.21 bits per heavy atom. The Morgan fingerprint density at radius 3 is 2.42 bits per heavy atom. The molecule has 0 spiro atoms. The van der Waals surface area contributed by atoms with Crippen LogP contribution < -0.4 is 5.32 Å². The Kier molecular flexibility index (Phi) is 4.61. The zero-order valence-electron chi connectivity index (χ0n) is 12.9. The summed E-state index contributed by atoms with van der Waals surface area (Å²) < 4.78 is 44.8. The van der Waals surface area contributed by atoms with Crippen molar-refractivity contribution in [2.24, 2.45) is 0 Å². The van der Waals surface area contributed by atoms with Crippen LogP contribution in [0.25, 0.3) is 0 Å². The second-order valence-corrected chi connectivity index (χ2v) is 5.51. The largest absolute Gasteiger partial charge is 0.506 e. The Balaban J connectivity index is 2.27. The van der Waals surface area contributed by atoms with Gasteiger partial charge in [0.2, 0.25) is 11.5 Å². The lowest BCUT2D eigenvalue weighted by atomic mass is 9.95. The van der Waals surface area contributed by atoms with Gasteiger partial charge in [-0.05, 0) is 43.7 Å². The normalized spacial score (nSPS) is 14.2. The fourth-order valence-corrected chi connectivity index (χ4v) is 2.16. The molecule has 0 bridgehead atoms. The van der Waals surface area contributed by atoms with Crippen molar-refractivity contribution in [3.63, 3.8) is 0 Å². The van der Waals surface area contributed by atoms with E-state index >= 15 is 0 Å². The number of amides is 1. The van der Waals surface area contributed by atoms with E-state index in [1.807, 2.05) is 0 Å². The topological polar surface area (TPSA) is 82.7 Å². The molecule has 1 aromatic heterocycles. The molecular weight excluding hydrogens is 327 g/mol. The van der Waals surface area contributed by atoms with E-state index in [4.69, 9.17) is 4.42 Å². The molecule has 0 radical (unpaired) electrons. The lowest BCUT2D eigenvalue weighted by Gasteiger charge is -2.28. The van der Waals surface area contributed by atoms with Crippen molar-refractivity contribution in [3.8, 4) is 5.75 Å². The first-order valence-corrected chi connectivity index (χ1v) is 6.98. The van der Waals surface area contributed by atoms with Gasteiger partial charge in [0.25, 0.3) is 0 Å². The molecule has 2 rings (SSSR count). The van der Waals surface area contributed by atoms with Gasteiger partial charge in [0.15, 0.2) is 0 Å².